The maximum Gasteiger partial charge on any atom is 0.224 e. The highest BCUT2D eigenvalue weighted by Gasteiger charge is 2.08. The maximum absolute atomic E-state index is 5.84. The zero-order chi connectivity index (χ0) is 10.8. The zero-order valence-electron chi connectivity index (χ0n) is 8.61. The number of fused-ring (bicyclic) bond motifs is 1. The van der Waals surface area contributed by atoms with Gasteiger partial charge in [-0.1, -0.05) is 6.07 Å². The number of benzene rings is 1. The summed E-state index contributed by atoms with van der Waals surface area (Å²) in [5.41, 5.74) is 6.61. The van der Waals surface area contributed by atoms with E-state index in [1.165, 1.54) is 0 Å². The first-order chi connectivity index (χ1) is 7.26. The molecule has 0 spiro atoms. The molecule has 0 bridgehead atoms. The van der Waals surface area contributed by atoms with E-state index in [-0.39, 0.29) is 0 Å². The number of anilines is 2. The molecule has 0 aliphatic rings. The Balaban J connectivity index is 2.78. The van der Waals surface area contributed by atoms with Gasteiger partial charge in [0, 0.05) is 7.05 Å². The number of hydrogen-bond donors (Lipinski definition) is 2. The molecule has 0 saturated carbocycles. The number of rotatable bonds is 2. The van der Waals surface area contributed by atoms with Crippen LogP contribution in [0.1, 0.15) is 0 Å². The molecule has 5 heteroatoms. The fourth-order valence-corrected chi connectivity index (χ4v) is 1.46. The first kappa shape index (κ1) is 9.51. The third kappa shape index (κ3) is 1.52. The topological polar surface area (TPSA) is 73.1 Å². The van der Waals surface area contributed by atoms with Gasteiger partial charge in [0.2, 0.25) is 5.95 Å². The van der Waals surface area contributed by atoms with Crippen molar-refractivity contribution < 1.29 is 4.74 Å². The van der Waals surface area contributed by atoms with Crippen LogP contribution in [-0.4, -0.2) is 24.1 Å². The van der Waals surface area contributed by atoms with Crippen LogP contribution in [0.3, 0.4) is 0 Å². The smallest absolute Gasteiger partial charge is 0.224 e. The van der Waals surface area contributed by atoms with Crippen LogP contribution in [-0.2, 0) is 0 Å². The Morgan fingerprint density at radius 2 is 2.13 bits per heavy atom. The van der Waals surface area contributed by atoms with Crippen molar-refractivity contribution in [1.82, 2.24) is 9.97 Å². The van der Waals surface area contributed by atoms with E-state index >= 15 is 0 Å². The Hall–Kier alpha value is -2.04. The van der Waals surface area contributed by atoms with E-state index in [1.54, 1.807) is 14.2 Å². The van der Waals surface area contributed by atoms with Gasteiger partial charge < -0.3 is 15.8 Å². The third-order valence-corrected chi connectivity index (χ3v) is 2.16. The van der Waals surface area contributed by atoms with Crippen molar-refractivity contribution in [3.63, 3.8) is 0 Å². The lowest BCUT2D eigenvalue weighted by Crippen LogP contribution is -2.02. The molecule has 0 unspecified atom stereocenters. The zero-order valence-corrected chi connectivity index (χ0v) is 8.61. The van der Waals surface area contributed by atoms with Crippen LogP contribution in [0.4, 0.5) is 11.8 Å². The molecule has 78 valence electrons. The van der Waals surface area contributed by atoms with Crippen molar-refractivity contribution in [2.75, 3.05) is 25.2 Å². The molecule has 0 fully saturated rings. The van der Waals surface area contributed by atoms with Crippen molar-refractivity contribution in [3.05, 3.63) is 18.2 Å². The number of nitrogens with two attached hydrogens (primary N) is 1. The van der Waals surface area contributed by atoms with Crippen LogP contribution in [0.25, 0.3) is 10.9 Å². The number of ether oxygens (including phenoxy) is 1. The van der Waals surface area contributed by atoms with Crippen LogP contribution >= 0.6 is 0 Å². The summed E-state index contributed by atoms with van der Waals surface area (Å²) in [6.45, 7) is 0. The molecule has 0 atom stereocenters. The average Bonchev–Trinajstić information content (AvgIpc) is 2.27. The fraction of sp³-hybridized carbons (Fsp3) is 0.200. The molecular weight excluding hydrogens is 192 g/mol. The summed E-state index contributed by atoms with van der Waals surface area (Å²) >= 11 is 0. The van der Waals surface area contributed by atoms with E-state index in [9.17, 15) is 0 Å². The molecular formula is C10H12N4O. The van der Waals surface area contributed by atoms with Gasteiger partial charge in [-0.15, -0.1) is 0 Å². The highest BCUT2D eigenvalue weighted by molar-refractivity contribution is 5.94. The van der Waals surface area contributed by atoms with Crippen molar-refractivity contribution in [3.8, 4) is 5.75 Å². The van der Waals surface area contributed by atoms with Crippen LogP contribution in [0, 0.1) is 0 Å². The Bertz CT molecular complexity index is 498. The quantitative estimate of drug-likeness (QED) is 0.770. The third-order valence-electron chi connectivity index (χ3n) is 2.16. The number of nitrogens with one attached hydrogen (secondary N) is 1. The SMILES string of the molecule is CNc1nc(N)c2c(OC)cccc2n1. The minimum absolute atomic E-state index is 0.418. The molecule has 0 radical (unpaired) electrons. The van der Waals surface area contributed by atoms with Crippen molar-refractivity contribution >= 4 is 22.7 Å². The van der Waals surface area contributed by atoms with E-state index in [2.05, 4.69) is 15.3 Å². The molecule has 2 aromatic rings. The van der Waals surface area contributed by atoms with Gasteiger partial charge >= 0.3 is 0 Å². The molecule has 0 saturated heterocycles. The molecule has 0 amide bonds. The number of aromatic nitrogens is 2. The minimum atomic E-state index is 0.418. The van der Waals surface area contributed by atoms with Gasteiger partial charge in [-0.05, 0) is 12.1 Å². The molecule has 1 aromatic heterocycles. The van der Waals surface area contributed by atoms with Gasteiger partial charge in [0.25, 0.3) is 0 Å². The van der Waals surface area contributed by atoms with Crippen molar-refractivity contribution in [2.24, 2.45) is 0 Å². The molecule has 15 heavy (non-hydrogen) atoms. The molecule has 0 aliphatic heterocycles. The second kappa shape index (κ2) is 3.61. The predicted molar refractivity (Wildman–Crippen MR) is 60.0 cm³/mol. The van der Waals surface area contributed by atoms with Gasteiger partial charge in [-0.25, -0.2) is 4.98 Å². The summed E-state index contributed by atoms with van der Waals surface area (Å²) < 4.78 is 5.20. The van der Waals surface area contributed by atoms with Gasteiger partial charge in [-0.2, -0.15) is 4.98 Å². The van der Waals surface area contributed by atoms with E-state index in [0.717, 1.165) is 10.9 Å². The van der Waals surface area contributed by atoms with Gasteiger partial charge in [0.1, 0.15) is 11.6 Å². The molecule has 1 aromatic carbocycles. The van der Waals surface area contributed by atoms with E-state index < -0.39 is 0 Å². The highest BCUT2D eigenvalue weighted by Crippen LogP contribution is 2.28. The van der Waals surface area contributed by atoms with E-state index in [1.807, 2.05) is 18.2 Å². The lowest BCUT2D eigenvalue weighted by Gasteiger charge is -2.08. The monoisotopic (exact) mass is 204 g/mol. The van der Waals surface area contributed by atoms with Crippen LogP contribution < -0.4 is 15.8 Å². The Kier molecular flexibility index (Phi) is 2.29. The number of nitrogen functional groups attached to an aromatic ring is 1. The Morgan fingerprint density at radius 3 is 2.80 bits per heavy atom. The summed E-state index contributed by atoms with van der Waals surface area (Å²) in [6, 6.07) is 5.57. The van der Waals surface area contributed by atoms with Gasteiger partial charge in [-0.3, -0.25) is 0 Å². The number of methoxy groups -OCH3 is 1. The molecule has 2 rings (SSSR count). The summed E-state index contributed by atoms with van der Waals surface area (Å²) in [7, 11) is 3.35. The minimum Gasteiger partial charge on any atom is -0.496 e. The number of hydrogen-bond acceptors (Lipinski definition) is 5. The molecule has 1 heterocycles. The lowest BCUT2D eigenvalue weighted by atomic mass is 10.2. The summed E-state index contributed by atoms with van der Waals surface area (Å²) in [6.07, 6.45) is 0. The Morgan fingerprint density at radius 1 is 1.33 bits per heavy atom. The van der Waals surface area contributed by atoms with Crippen molar-refractivity contribution in [1.29, 1.82) is 0 Å². The number of nitrogens with zero attached hydrogens (tertiary/aromatic N) is 2. The Labute approximate surface area is 87.3 Å². The second-order valence-corrected chi connectivity index (χ2v) is 3.04. The van der Waals surface area contributed by atoms with E-state index in [0.29, 0.717) is 17.5 Å². The standard InChI is InChI=1S/C10H12N4O/c1-12-10-13-6-4-3-5-7(15-2)8(6)9(11)14-10/h3-5H,1-2H3,(H3,11,12,13,14). The van der Waals surface area contributed by atoms with Crippen molar-refractivity contribution in [2.45, 2.75) is 0 Å². The van der Waals surface area contributed by atoms with Gasteiger partial charge in [0.05, 0.1) is 18.0 Å². The van der Waals surface area contributed by atoms with Gasteiger partial charge in [0.15, 0.2) is 0 Å². The first-order valence-electron chi connectivity index (χ1n) is 4.54. The van der Waals surface area contributed by atoms with E-state index in [4.69, 9.17) is 10.5 Å². The molecule has 5 nitrogen and oxygen atoms in total. The van der Waals surface area contributed by atoms with Crippen LogP contribution in [0.2, 0.25) is 0 Å². The first-order valence-corrected chi connectivity index (χ1v) is 4.54. The maximum atomic E-state index is 5.84. The lowest BCUT2D eigenvalue weighted by molar-refractivity contribution is 0.420. The van der Waals surface area contributed by atoms with Crippen LogP contribution in [0.5, 0.6) is 5.75 Å². The predicted octanol–water partition coefficient (Wildman–Crippen LogP) is 1.26. The second-order valence-electron chi connectivity index (χ2n) is 3.04. The fourth-order valence-electron chi connectivity index (χ4n) is 1.46. The highest BCUT2D eigenvalue weighted by atomic mass is 16.5. The molecule has 0 aliphatic carbocycles. The van der Waals surface area contributed by atoms with Crippen LogP contribution in [0.15, 0.2) is 18.2 Å². The summed E-state index contributed by atoms with van der Waals surface area (Å²) in [5.74, 6) is 1.61. The normalized spacial score (nSPS) is 10.3. The average molecular weight is 204 g/mol. The molecule has 3 N–H and O–H groups in total. The summed E-state index contributed by atoms with van der Waals surface area (Å²) in [4.78, 5) is 8.38. The summed E-state index contributed by atoms with van der Waals surface area (Å²) in [5, 5.41) is 3.60. The largest absolute Gasteiger partial charge is 0.496 e.